The van der Waals surface area contributed by atoms with Crippen molar-refractivity contribution in [3.05, 3.63) is 52.0 Å². The number of hydrogen-bond donors (Lipinski definition) is 1. The van der Waals surface area contributed by atoms with Gasteiger partial charge in [0.15, 0.2) is 0 Å². The van der Waals surface area contributed by atoms with Crippen LogP contribution in [0.15, 0.2) is 35.7 Å². The summed E-state index contributed by atoms with van der Waals surface area (Å²) in [5, 5.41) is 13.6. The lowest BCUT2D eigenvalue weighted by molar-refractivity contribution is 0.628. The maximum absolute atomic E-state index is 12.9. The van der Waals surface area contributed by atoms with Crippen LogP contribution in [0.3, 0.4) is 0 Å². The molecular formula is C12H9FN2S. The van der Waals surface area contributed by atoms with Gasteiger partial charge in [-0.15, -0.1) is 11.3 Å². The number of nitriles is 1. The molecule has 0 radical (unpaired) electrons. The highest BCUT2D eigenvalue weighted by Gasteiger charge is 1.99. The van der Waals surface area contributed by atoms with Gasteiger partial charge in [-0.3, -0.25) is 0 Å². The molecule has 2 nitrogen and oxygen atoms in total. The minimum atomic E-state index is -0.256. The van der Waals surface area contributed by atoms with Gasteiger partial charge in [0.2, 0.25) is 0 Å². The summed E-state index contributed by atoms with van der Waals surface area (Å²) in [6.07, 6.45) is 0. The Morgan fingerprint density at radius 1 is 1.38 bits per heavy atom. The van der Waals surface area contributed by atoms with Crippen molar-refractivity contribution < 1.29 is 4.39 Å². The molecule has 0 aliphatic carbocycles. The highest BCUT2D eigenvalue weighted by molar-refractivity contribution is 7.10. The summed E-state index contributed by atoms with van der Waals surface area (Å²) in [6.45, 7) is 0.607. The van der Waals surface area contributed by atoms with Gasteiger partial charge in [-0.25, -0.2) is 4.39 Å². The van der Waals surface area contributed by atoms with Crippen molar-refractivity contribution in [3.8, 4) is 6.07 Å². The third-order valence-electron chi connectivity index (χ3n) is 2.07. The molecule has 0 fully saturated rings. The van der Waals surface area contributed by atoms with Crippen molar-refractivity contribution in [1.82, 2.24) is 0 Å². The molecular weight excluding hydrogens is 223 g/mol. The Kier molecular flexibility index (Phi) is 3.18. The highest BCUT2D eigenvalue weighted by atomic mass is 32.1. The summed E-state index contributed by atoms with van der Waals surface area (Å²) < 4.78 is 12.9. The number of hydrogen-bond acceptors (Lipinski definition) is 3. The molecule has 0 aliphatic rings. The molecule has 1 heterocycles. The Hall–Kier alpha value is -1.86. The van der Waals surface area contributed by atoms with E-state index in [1.807, 2.05) is 17.5 Å². The first kappa shape index (κ1) is 10.7. The van der Waals surface area contributed by atoms with E-state index in [1.54, 1.807) is 6.07 Å². The minimum Gasteiger partial charge on any atom is -0.380 e. The molecule has 0 saturated heterocycles. The predicted octanol–water partition coefficient (Wildman–Crippen LogP) is 3.37. The van der Waals surface area contributed by atoms with E-state index in [0.29, 0.717) is 12.1 Å². The van der Waals surface area contributed by atoms with Gasteiger partial charge in [-0.1, -0.05) is 6.07 Å². The van der Waals surface area contributed by atoms with E-state index in [1.165, 1.54) is 23.5 Å². The second-order valence-corrected chi connectivity index (χ2v) is 4.27. The first-order chi connectivity index (χ1) is 7.78. The normalized spacial score (nSPS) is 9.75. The van der Waals surface area contributed by atoms with Crippen LogP contribution in [0.1, 0.15) is 10.4 Å². The van der Waals surface area contributed by atoms with Gasteiger partial charge in [0.25, 0.3) is 0 Å². The maximum atomic E-state index is 12.9. The maximum Gasteiger partial charge on any atom is 0.125 e. The van der Waals surface area contributed by atoms with Gasteiger partial charge in [0.1, 0.15) is 11.9 Å². The minimum absolute atomic E-state index is 0.256. The number of nitrogens with zero attached hydrogens (tertiary/aromatic N) is 1. The molecule has 0 bridgehead atoms. The van der Waals surface area contributed by atoms with Gasteiger partial charge < -0.3 is 5.32 Å². The molecule has 80 valence electrons. The Labute approximate surface area is 97.0 Å². The highest BCUT2D eigenvalue weighted by Crippen LogP contribution is 2.16. The summed E-state index contributed by atoms with van der Waals surface area (Å²) in [4.78, 5) is 1.06. The molecule has 4 heteroatoms. The van der Waals surface area contributed by atoms with Crippen molar-refractivity contribution in [2.24, 2.45) is 0 Å². The molecule has 0 spiro atoms. The number of rotatable bonds is 3. The first-order valence-corrected chi connectivity index (χ1v) is 5.63. The van der Waals surface area contributed by atoms with Gasteiger partial charge in [0, 0.05) is 22.5 Å². The molecule has 0 aliphatic heterocycles. The molecule has 1 N–H and O–H groups in total. The molecule has 0 atom stereocenters. The molecule has 0 amide bonds. The molecule has 0 unspecified atom stereocenters. The zero-order chi connectivity index (χ0) is 11.4. The summed E-state index contributed by atoms with van der Waals surface area (Å²) in [5.74, 6) is -0.256. The van der Waals surface area contributed by atoms with Gasteiger partial charge in [0.05, 0.1) is 5.56 Å². The Balaban J connectivity index is 2.00. The van der Waals surface area contributed by atoms with Crippen LogP contribution in [0.25, 0.3) is 0 Å². The van der Waals surface area contributed by atoms with E-state index in [-0.39, 0.29) is 5.82 Å². The SMILES string of the molecule is N#Cc1csc(CNc2cccc(F)c2)c1. The van der Waals surface area contributed by atoms with Crippen LogP contribution in [0.5, 0.6) is 0 Å². The average Bonchev–Trinajstić information content (AvgIpc) is 2.74. The predicted molar refractivity (Wildman–Crippen MR) is 62.8 cm³/mol. The van der Waals surface area contributed by atoms with Crippen molar-refractivity contribution in [2.75, 3.05) is 5.32 Å². The van der Waals surface area contributed by atoms with Crippen LogP contribution in [-0.2, 0) is 6.54 Å². The zero-order valence-electron chi connectivity index (χ0n) is 8.40. The summed E-state index contributed by atoms with van der Waals surface area (Å²) in [6, 6.07) is 10.2. The third-order valence-corrected chi connectivity index (χ3v) is 3.01. The van der Waals surface area contributed by atoms with Crippen molar-refractivity contribution >= 4 is 17.0 Å². The number of anilines is 1. The number of nitrogens with one attached hydrogen (secondary N) is 1. The Morgan fingerprint density at radius 3 is 2.94 bits per heavy atom. The van der Waals surface area contributed by atoms with Gasteiger partial charge in [-0.05, 0) is 24.3 Å². The second kappa shape index (κ2) is 4.77. The van der Waals surface area contributed by atoms with Crippen LogP contribution in [0.2, 0.25) is 0 Å². The lowest BCUT2D eigenvalue weighted by Crippen LogP contribution is -1.97. The monoisotopic (exact) mass is 232 g/mol. The standard InChI is InChI=1S/C12H9FN2S/c13-10-2-1-3-11(5-10)15-7-12-4-9(6-14)8-16-12/h1-5,8,15H,7H2. The molecule has 1 aromatic carbocycles. The fourth-order valence-corrected chi connectivity index (χ4v) is 2.07. The third kappa shape index (κ3) is 2.59. The lowest BCUT2D eigenvalue weighted by Gasteiger charge is -2.03. The van der Waals surface area contributed by atoms with E-state index in [0.717, 1.165) is 10.6 Å². The van der Waals surface area contributed by atoms with Crippen LogP contribution in [0.4, 0.5) is 10.1 Å². The molecule has 0 saturated carbocycles. The van der Waals surface area contributed by atoms with E-state index in [9.17, 15) is 4.39 Å². The van der Waals surface area contributed by atoms with Crippen molar-refractivity contribution in [1.29, 1.82) is 5.26 Å². The zero-order valence-corrected chi connectivity index (χ0v) is 9.22. The van der Waals surface area contributed by atoms with Crippen LogP contribution in [0, 0.1) is 17.1 Å². The molecule has 16 heavy (non-hydrogen) atoms. The smallest absolute Gasteiger partial charge is 0.125 e. The number of halogens is 1. The fraction of sp³-hybridized carbons (Fsp3) is 0.0833. The molecule has 2 rings (SSSR count). The van der Waals surface area contributed by atoms with Crippen molar-refractivity contribution in [2.45, 2.75) is 6.54 Å². The summed E-state index contributed by atoms with van der Waals surface area (Å²) in [7, 11) is 0. The summed E-state index contributed by atoms with van der Waals surface area (Å²) in [5.41, 5.74) is 1.41. The summed E-state index contributed by atoms with van der Waals surface area (Å²) >= 11 is 1.52. The van der Waals surface area contributed by atoms with Crippen LogP contribution in [-0.4, -0.2) is 0 Å². The quantitative estimate of drug-likeness (QED) is 0.880. The van der Waals surface area contributed by atoms with Crippen LogP contribution >= 0.6 is 11.3 Å². The number of benzene rings is 1. The molecule has 2 aromatic rings. The second-order valence-electron chi connectivity index (χ2n) is 3.28. The van der Waals surface area contributed by atoms with Gasteiger partial charge >= 0.3 is 0 Å². The van der Waals surface area contributed by atoms with E-state index >= 15 is 0 Å². The molecule has 1 aromatic heterocycles. The van der Waals surface area contributed by atoms with E-state index < -0.39 is 0 Å². The van der Waals surface area contributed by atoms with E-state index in [2.05, 4.69) is 11.4 Å². The van der Waals surface area contributed by atoms with E-state index in [4.69, 9.17) is 5.26 Å². The Morgan fingerprint density at radius 2 is 2.25 bits per heavy atom. The van der Waals surface area contributed by atoms with Crippen molar-refractivity contribution in [3.63, 3.8) is 0 Å². The largest absolute Gasteiger partial charge is 0.380 e. The lowest BCUT2D eigenvalue weighted by atomic mass is 10.3. The van der Waals surface area contributed by atoms with Gasteiger partial charge in [-0.2, -0.15) is 5.26 Å². The topological polar surface area (TPSA) is 35.8 Å². The van der Waals surface area contributed by atoms with Crippen LogP contribution < -0.4 is 5.32 Å². The first-order valence-electron chi connectivity index (χ1n) is 4.75. The fourth-order valence-electron chi connectivity index (χ4n) is 1.32. The number of thiophene rings is 1. The Bertz CT molecular complexity index is 528. The average molecular weight is 232 g/mol.